The maximum absolute atomic E-state index is 12.3. The molecule has 2 heterocycles. The Morgan fingerprint density at radius 2 is 2.04 bits per heavy atom. The Labute approximate surface area is 157 Å². The van der Waals surface area contributed by atoms with Gasteiger partial charge in [0.05, 0.1) is 30.0 Å². The van der Waals surface area contributed by atoms with E-state index in [0.717, 1.165) is 11.3 Å². The van der Waals surface area contributed by atoms with Crippen LogP contribution in [-0.2, 0) is 35.1 Å². The van der Waals surface area contributed by atoms with Crippen LogP contribution in [0.5, 0.6) is 0 Å². The highest BCUT2D eigenvalue weighted by Gasteiger charge is 2.17. The fourth-order valence-corrected chi connectivity index (χ4v) is 3.44. The first kappa shape index (κ1) is 18.6. The van der Waals surface area contributed by atoms with Gasteiger partial charge >= 0.3 is 17.8 Å². The Bertz CT molecular complexity index is 1000. The molecule has 0 fully saturated rings. The first-order valence-electron chi connectivity index (χ1n) is 7.85. The minimum Gasteiger partial charge on any atom is -0.494 e. The topological polar surface area (TPSA) is 105 Å². The number of hydrogen-bond donors (Lipinski definition) is 0. The summed E-state index contributed by atoms with van der Waals surface area (Å²) in [6, 6.07) is 4.84. The molecule has 0 unspecified atom stereocenters. The molecule has 0 radical (unpaired) electrons. The lowest BCUT2D eigenvalue weighted by atomic mass is 10.2. The van der Waals surface area contributed by atoms with Crippen molar-refractivity contribution in [3.63, 3.8) is 0 Å². The smallest absolute Gasteiger partial charge is 0.337 e. The van der Waals surface area contributed by atoms with E-state index >= 15 is 0 Å². The molecule has 1 aliphatic heterocycles. The standard InChI is InChI=1S/C17H16N2O7S/c1-23-14(20)8-19-11-4-3-10(16(22)24-2)7-13(11)27-17(19)18-15(21)12-9-25-5-6-26-12/h3-4,7,9H,5-6,8H2,1-2H3. The number of thiazole rings is 1. The minimum atomic E-state index is -0.631. The van der Waals surface area contributed by atoms with Crippen molar-refractivity contribution >= 4 is 39.4 Å². The van der Waals surface area contributed by atoms with Crippen LogP contribution in [-0.4, -0.2) is 49.8 Å². The molecule has 0 saturated heterocycles. The third kappa shape index (κ3) is 4.00. The van der Waals surface area contributed by atoms with Crippen LogP contribution in [0.25, 0.3) is 10.2 Å². The molecule has 1 amide bonds. The molecule has 1 aromatic carbocycles. The van der Waals surface area contributed by atoms with Crippen LogP contribution in [0.2, 0.25) is 0 Å². The maximum atomic E-state index is 12.3. The average Bonchev–Trinajstić information content (AvgIpc) is 3.03. The normalized spacial score (nSPS) is 14.1. The molecule has 142 valence electrons. The summed E-state index contributed by atoms with van der Waals surface area (Å²) in [5.41, 5.74) is 0.973. The van der Waals surface area contributed by atoms with Gasteiger partial charge in [-0.1, -0.05) is 11.3 Å². The number of carbonyl (C=O) groups excluding carboxylic acids is 3. The van der Waals surface area contributed by atoms with E-state index in [4.69, 9.17) is 18.9 Å². The van der Waals surface area contributed by atoms with Crippen molar-refractivity contribution in [1.82, 2.24) is 4.57 Å². The molecule has 9 nitrogen and oxygen atoms in total. The first-order valence-corrected chi connectivity index (χ1v) is 8.67. The second-order valence-corrected chi connectivity index (χ2v) is 6.35. The molecule has 0 bridgehead atoms. The van der Waals surface area contributed by atoms with E-state index in [9.17, 15) is 14.4 Å². The molecule has 0 atom stereocenters. The highest BCUT2D eigenvalue weighted by Crippen LogP contribution is 2.20. The Hall–Kier alpha value is -3.14. The zero-order valence-corrected chi connectivity index (χ0v) is 15.4. The molecular weight excluding hydrogens is 376 g/mol. The summed E-state index contributed by atoms with van der Waals surface area (Å²) in [5.74, 6) is -1.64. The SMILES string of the molecule is COC(=O)Cn1c(=NC(=O)C2=COCCO2)sc2cc(C(=O)OC)ccc21. The second-order valence-electron chi connectivity index (χ2n) is 5.34. The van der Waals surface area contributed by atoms with Gasteiger partial charge in [0, 0.05) is 0 Å². The Morgan fingerprint density at radius 3 is 2.70 bits per heavy atom. The summed E-state index contributed by atoms with van der Waals surface area (Å²) in [6.07, 6.45) is 1.21. The van der Waals surface area contributed by atoms with Gasteiger partial charge in [-0.2, -0.15) is 4.99 Å². The number of ether oxygens (including phenoxy) is 4. The van der Waals surface area contributed by atoms with Gasteiger partial charge in [0.2, 0.25) is 5.76 Å². The van der Waals surface area contributed by atoms with E-state index in [0.29, 0.717) is 22.4 Å². The number of rotatable bonds is 4. The molecule has 1 aromatic heterocycles. The monoisotopic (exact) mass is 392 g/mol. The van der Waals surface area contributed by atoms with Crippen LogP contribution in [0.4, 0.5) is 0 Å². The number of methoxy groups -OCH3 is 2. The van der Waals surface area contributed by atoms with Gasteiger partial charge in [0.1, 0.15) is 26.0 Å². The molecule has 2 aromatic rings. The quantitative estimate of drug-likeness (QED) is 0.714. The van der Waals surface area contributed by atoms with Crippen LogP contribution in [0, 0.1) is 0 Å². The molecule has 0 spiro atoms. The Kier molecular flexibility index (Phi) is 5.55. The number of esters is 2. The lowest BCUT2D eigenvalue weighted by Gasteiger charge is -2.12. The van der Waals surface area contributed by atoms with Crippen LogP contribution >= 0.6 is 11.3 Å². The van der Waals surface area contributed by atoms with Gasteiger partial charge in [0.25, 0.3) is 0 Å². The van der Waals surface area contributed by atoms with Gasteiger partial charge < -0.3 is 23.5 Å². The minimum absolute atomic E-state index is 0.0152. The lowest BCUT2D eigenvalue weighted by molar-refractivity contribution is -0.141. The molecule has 0 aliphatic carbocycles. The van der Waals surface area contributed by atoms with E-state index in [2.05, 4.69) is 4.99 Å². The third-order valence-corrected chi connectivity index (χ3v) is 4.72. The van der Waals surface area contributed by atoms with Crippen molar-refractivity contribution < 1.29 is 33.3 Å². The number of carbonyl (C=O) groups is 3. The van der Waals surface area contributed by atoms with Crippen molar-refractivity contribution in [1.29, 1.82) is 0 Å². The van der Waals surface area contributed by atoms with Crippen molar-refractivity contribution in [2.75, 3.05) is 27.4 Å². The molecule has 0 saturated carbocycles. The van der Waals surface area contributed by atoms with E-state index in [-0.39, 0.29) is 23.7 Å². The van der Waals surface area contributed by atoms with E-state index in [1.165, 1.54) is 25.0 Å². The van der Waals surface area contributed by atoms with Crippen molar-refractivity contribution in [2.24, 2.45) is 4.99 Å². The zero-order chi connectivity index (χ0) is 19.4. The first-order chi connectivity index (χ1) is 13.0. The van der Waals surface area contributed by atoms with Gasteiger partial charge in [-0.05, 0) is 18.2 Å². The zero-order valence-electron chi connectivity index (χ0n) is 14.6. The predicted octanol–water partition coefficient (Wildman–Crippen LogP) is 0.978. The molecule has 0 N–H and O–H groups in total. The maximum Gasteiger partial charge on any atom is 0.337 e. The average molecular weight is 392 g/mol. The van der Waals surface area contributed by atoms with Crippen molar-refractivity contribution in [3.8, 4) is 0 Å². The Balaban J connectivity index is 2.11. The highest BCUT2D eigenvalue weighted by atomic mass is 32.1. The van der Waals surface area contributed by atoms with Crippen LogP contribution in [0.1, 0.15) is 10.4 Å². The number of amides is 1. The molecule has 1 aliphatic rings. The summed E-state index contributed by atoms with van der Waals surface area (Å²) < 4.78 is 21.9. The molecule has 27 heavy (non-hydrogen) atoms. The van der Waals surface area contributed by atoms with Crippen molar-refractivity contribution in [3.05, 3.63) is 40.6 Å². The predicted molar refractivity (Wildman–Crippen MR) is 93.7 cm³/mol. The molecular formula is C17H16N2O7S. The molecule has 10 heteroatoms. The number of benzene rings is 1. The summed E-state index contributed by atoms with van der Waals surface area (Å²) in [4.78, 5) is 40.2. The largest absolute Gasteiger partial charge is 0.494 e. The summed E-state index contributed by atoms with van der Waals surface area (Å²) >= 11 is 1.15. The number of hydrogen-bond acceptors (Lipinski definition) is 8. The van der Waals surface area contributed by atoms with Gasteiger partial charge in [-0.3, -0.25) is 9.59 Å². The van der Waals surface area contributed by atoms with E-state index in [1.807, 2.05) is 0 Å². The Morgan fingerprint density at radius 1 is 1.22 bits per heavy atom. The van der Waals surface area contributed by atoms with E-state index in [1.54, 1.807) is 18.2 Å². The summed E-state index contributed by atoms with van der Waals surface area (Å²) in [5, 5.41) is 0. The summed E-state index contributed by atoms with van der Waals surface area (Å²) in [7, 11) is 2.56. The number of nitrogens with zero attached hydrogens (tertiary/aromatic N) is 2. The van der Waals surface area contributed by atoms with Crippen LogP contribution in [0.3, 0.4) is 0 Å². The van der Waals surface area contributed by atoms with Gasteiger partial charge in [-0.15, -0.1) is 0 Å². The highest BCUT2D eigenvalue weighted by molar-refractivity contribution is 7.16. The number of aromatic nitrogens is 1. The van der Waals surface area contributed by atoms with E-state index < -0.39 is 17.8 Å². The lowest BCUT2D eigenvalue weighted by Crippen LogP contribution is -2.23. The third-order valence-electron chi connectivity index (χ3n) is 3.68. The van der Waals surface area contributed by atoms with Crippen molar-refractivity contribution in [2.45, 2.75) is 6.54 Å². The fourth-order valence-electron chi connectivity index (χ4n) is 2.37. The van der Waals surface area contributed by atoms with Crippen LogP contribution in [0.15, 0.2) is 35.2 Å². The summed E-state index contributed by atoms with van der Waals surface area (Å²) in [6.45, 7) is 0.471. The van der Waals surface area contributed by atoms with Crippen LogP contribution < -0.4 is 4.80 Å². The van der Waals surface area contributed by atoms with Gasteiger partial charge in [0.15, 0.2) is 4.80 Å². The second kappa shape index (κ2) is 8.04. The fraction of sp³-hybridized carbons (Fsp3) is 0.294. The molecule has 3 rings (SSSR count). The van der Waals surface area contributed by atoms with Gasteiger partial charge in [-0.25, -0.2) is 4.79 Å². The number of fused-ring (bicyclic) bond motifs is 1.